The van der Waals surface area contributed by atoms with E-state index in [0.717, 1.165) is 14.6 Å². The minimum Gasteiger partial charge on any atom is -0.327 e. The van der Waals surface area contributed by atoms with Crippen LogP contribution in [-0.2, 0) is 6.54 Å². The fraction of sp³-hybridized carbons (Fsp3) is 0.462. The maximum atomic E-state index is 12.3. The molecule has 1 aromatic carbocycles. The van der Waals surface area contributed by atoms with Gasteiger partial charge in [0.25, 0.3) is 0 Å². The van der Waals surface area contributed by atoms with Crippen molar-refractivity contribution in [2.24, 2.45) is 0 Å². The van der Waals surface area contributed by atoms with Gasteiger partial charge in [0.05, 0.1) is 16.4 Å². The molecule has 2 nitrogen and oxygen atoms in total. The molecular formula is C13H13ClF3IN2. The van der Waals surface area contributed by atoms with Crippen LogP contribution in [0.5, 0.6) is 0 Å². The van der Waals surface area contributed by atoms with Gasteiger partial charge in [0.2, 0.25) is 0 Å². The van der Waals surface area contributed by atoms with E-state index in [-0.39, 0.29) is 18.3 Å². The Bertz CT molecular complexity index is 607. The summed E-state index contributed by atoms with van der Waals surface area (Å²) in [5.74, 6) is 0.617. The SMILES string of the molecule is CC(Cl)c1nc2cc(I)ccc2n1CCCC(F)(F)F. The molecule has 0 aliphatic carbocycles. The van der Waals surface area contributed by atoms with Gasteiger partial charge in [-0.15, -0.1) is 11.6 Å². The topological polar surface area (TPSA) is 17.8 Å². The largest absolute Gasteiger partial charge is 0.389 e. The number of fused-ring (bicyclic) bond motifs is 1. The van der Waals surface area contributed by atoms with E-state index in [0.29, 0.717) is 5.82 Å². The molecule has 1 atom stereocenters. The predicted octanol–water partition coefficient (Wildman–Crippen LogP) is 5.28. The number of nitrogens with zero attached hydrogens (tertiary/aromatic N) is 2. The second-order valence-corrected chi connectivity index (χ2v) is 6.49. The molecule has 1 heterocycles. The zero-order valence-electron chi connectivity index (χ0n) is 10.7. The molecule has 20 heavy (non-hydrogen) atoms. The molecule has 1 unspecified atom stereocenters. The maximum absolute atomic E-state index is 12.3. The van der Waals surface area contributed by atoms with Gasteiger partial charge in [0.15, 0.2) is 0 Å². The lowest BCUT2D eigenvalue weighted by Gasteiger charge is -2.11. The quantitative estimate of drug-likeness (QED) is 0.490. The fourth-order valence-electron chi connectivity index (χ4n) is 2.10. The average Bonchev–Trinajstić information content (AvgIpc) is 2.66. The zero-order valence-corrected chi connectivity index (χ0v) is 13.6. The summed E-state index contributed by atoms with van der Waals surface area (Å²) in [7, 11) is 0. The number of alkyl halides is 4. The number of aryl methyl sites for hydroxylation is 1. The predicted molar refractivity (Wildman–Crippen MR) is 82.0 cm³/mol. The summed E-state index contributed by atoms with van der Waals surface area (Å²) in [6, 6.07) is 5.69. The van der Waals surface area contributed by atoms with Crippen LogP contribution in [0.2, 0.25) is 0 Å². The van der Waals surface area contributed by atoms with Crippen molar-refractivity contribution in [1.82, 2.24) is 9.55 Å². The first-order valence-electron chi connectivity index (χ1n) is 6.14. The Morgan fingerprint density at radius 1 is 1.40 bits per heavy atom. The Balaban J connectivity index is 2.32. The Morgan fingerprint density at radius 2 is 2.10 bits per heavy atom. The first kappa shape index (κ1) is 15.9. The average molecular weight is 417 g/mol. The summed E-state index contributed by atoms with van der Waals surface area (Å²) in [6.07, 6.45) is -4.90. The number of imidazole rings is 1. The van der Waals surface area contributed by atoms with Crippen molar-refractivity contribution in [3.63, 3.8) is 0 Å². The molecule has 0 radical (unpaired) electrons. The maximum Gasteiger partial charge on any atom is 0.389 e. The van der Waals surface area contributed by atoms with E-state index in [1.807, 2.05) is 18.2 Å². The van der Waals surface area contributed by atoms with Gasteiger partial charge < -0.3 is 4.57 Å². The van der Waals surface area contributed by atoms with Gasteiger partial charge in [-0.05, 0) is 54.1 Å². The minimum absolute atomic E-state index is 0.0254. The molecule has 1 aromatic heterocycles. The van der Waals surface area contributed by atoms with Crippen molar-refractivity contribution in [2.75, 3.05) is 0 Å². The summed E-state index contributed by atoms with van der Waals surface area (Å²) < 4.78 is 39.6. The van der Waals surface area contributed by atoms with E-state index < -0.39 is 12.6 Å². The number of aromatic nitrogens is 2. The number of rotatable bonds is 4. The van der Waals surface area contributed by atoms with Crippen LogP contribution in [0.1, 0.15) is 31.0 Å². The monoisotopic (exact) mass is 416 g/mol. The summed E-state index contributed by atoms with van der Waals surface area (Å²) in [6.45, 7) is 2.04. The molecule has 0 saturated heterocycles. The van der Waals surface area contributed by atoms with Crippen LogP contribution in [0.4, 0.5) is 13.2 Å². The lowest BCUT2D eigenvalue weighted by molar-refractivity contribution is -0.135. The standard InChI is InChI=1S/C13H13ClF3IN2/c1-8(14)12-19-10-7-9(18)3-4-11(10)20(12)6-2-5-13(15,16)17/h3-4,7-8H,2,5-6H2,1H3. The highest BCUT2D eigenvalue weighted by Crippen LogP contribution is 2.27. The van der Waals surface area contributed by atoms with Gasteiger partial charge in [-0.3, -0.25) is 0 Å². The van der Waals surface area contributed by atoms with Crippen molar-refractivity contribution in [3.8, 4) is 0 Å². The number of hydrogen-bond acceptors (Lipinski definition) is 1. The Labute approximate surface area is 133 Å². The van der Waals surface area contributed by atoms with E-state index in [2.05, 4.69) is 27.6 Å². The van der Waals surface area contributed by atoms with Crippen molar-refractivity contribution < 1.29 is 13.2 Å². The molecule has 0 fully saturated rings. The first-order chi connectivity index (χ1) is 9.28. The van der Waals surface area contributed by atoms with Gasteiger partial charge in [-0.1, -0.05) is 0 Å². The van der Waals surface area contributed by atoms with Crippen molar-refractivity contribution in [3.05, 3.63) is 27.6 Å². The lowest BCUT2D eigenvalue weighted by Crippen LogP contribution is -2.11. The second kappa shape index (κ2) is 6.09. The van der Waals surface area contributed by atoms with E-state index >= 15 is 0 Å². The van der Waals surface area contributed by atoms with E-state index in [1.165, 1.54) is 0 Å². The molecular weight excluding hydrogens is 404 g/mol. The van der Waals surface area contributed by atoms with Crippen LogP contribution in [0, 0.1) is 3.57 Å². The number of hydrogen-bond donors (Lipinski definition) is 0. The molecule has 0 N–H and O–H groups in total. The Hall–Kier alpha value is -0.500. The summed E-state index contributed by atoms with van der Waals surface area (Å²) >= 11 is 8.26. The van der Waals surface area contributed by atoms with E-state index in [4.69, 9.17) is 11.6 Å². The molecule has 0 aliphatic heterocycles. The number of halogens is 5. The van der Waals surface area contributed by atoms with Crippen molar-refractivity contribution in [1.29, 1.82) is 0 Å². The van der Waals surface area contributed by atoms with Crippen LogP contribution in [-0.4, -0.2) is 15.7 Å². The lowest BCUT2D eigenvalue weighted by atomic mass is 10.2. The molecule has 0 aliphatic rings. The van der Waals surface area contributed by atoms with Gasteiger partial charge in [-0.2, -0.15) is 13.2 Å². The van der Waals surface area contributed by atoms with Crippen molar-refractivity contribution >= 4 is 45.2 Å². The van der Waals surface area contributed by atoms with Crippen LogP contribution in [0.25, 0.3) is 11.0 Å². The molecule has 0 spiro atoms. The molecule has 110 valence electrons. The molecule has 0 bridgehead atoms. The van der Waals surface area contributed by atoms with Crippen LogP contribution < -0.4 is 0 Å². The third kappa shape index (κ3) is 3.78. The number of benzene rings is 1. The van der Waals surface area contributed by atoms with Gasteiger partial charge in [0, 0.05) is 16.5 Å². The second-order valence-electron chi connectivity index (χ2n) is 4.59. The van der Waals surface area contributed by atoms with Crippen LogP contribution in [0.15, 0.2) is 18.2 Å². The third-order valence-electron chi connectivity index (χ3n) is 2.94. The normalized spacial score (nSPS) is 13.9. The summed E-state index contributed by atoms with van der Waals surface area (Å²) in [4.78, 5) is 4.43. The van der Waals surface area contributed by atoms with E-state index in [9.17, 15) is 13.2 Å². The van der Waals surface area contributed by atoms with Crippen LogP contribution in [0.3, 0.4) is 0 Å². The minimum atomic E-state index is -4.13. The van der Waals surface area contributed by atoms with Gasteiger partial charge in [-0.25, -0.2) is 4.98 Å². The van der Waals surface area contributed by atoms with Crippen LogP contribution >= 0.6 is 34.2 Å². The molecule has 2 aromatic rings. The highest BCUT2D eigenvalue weighted by Gasteiger charge is 2.26. The van der Waals surface area contributed by atoms with Gasteiger partial charge in [0.1, 0.15) is 5.82 Å². The fourth-order valence-corrected chi connectivity index (χ4v) is 2.74. The molecule has 0 saturated carbocycles. The van der Waals surface area contributed by atoms with Gasteiger partial charge >= 0.3 is 6.18 Å². The molecule has 2 rings (SSSR count). The van der Waals surface area contributed by atoms with Crippen molar-refractivity contribution in [2.45, 2.75) is 37.9 Å². The third-order valence-corrected chi connectivity index (χ3v) is 3.80. The highest BCUT2D eigenvalue weighted by molar-refractivity contribution is 14.1. The summed E-state index contributed by atoms with van der Waals surface area (Å²) in [5, 5.41) is -0.342. The first-order valence-corrected chi connectivity index (χ1v) is 7.66. The Morgan fingerprint density at radius 3 is 2.70 bits per heavy atom. The highest BCUT2D eigenvalue weighted by atomic mass is 127. The Kier molecular flexibility index (Phi) is 4.84. The zero-order chi connectivity index (χ0) is 14.9. The molecule has 7 heteroatoms. The smallest absolute Gasteiger partial charge is 0.327 e. The summed E-state index contributed by atoms with van der Waals surface area (Å²) in [5.41, 5.74) is 1.60. The molecule has 0 amide bonds. The van der Waals surface area contributed by atoms with E-state index in [1.54, 1.807) is 11.5 Å².